The lowest BCUT2D eigenvalue weighted by atomic mass is 10.2. The molecule has 0 bridgehead atoms. The zero-order valence-corrected chi connectivity index (χ0v) is 12.9. The number of aryl methyl sites for hydroxylation is 1. The molecule has 7 heteroatoms. The van der Waals surface area contributed by atoms with Crippen LogP contribution in [0.2, 0.25) is 5.02 Å². The third kappa shape index (κ3) is 4.09. The van der Waals surface area contributed by atoms with Crippen LogP contribution in [0.4, 0.5) is 5.69 Å². The van der Waals surface area contributed by atoms with Crippen LogP contribution in [-0.4, -0.2) is 28.2 Å². The van der Waals surface area contributed by atoms with Crippen LogP contribution < -0.4 is 10.5 Å². The highest BCUT2D eigenvalue weighted by molar-refractivity contribution is 7.89. The minimum Gasteiger partial charge on any atom is -0.397 e. The predicted molar refractivity (Wildman–Crippen MR) is 79.3 cm³/mol. The van der Waals surface area contributed by atoms with Gasteiger partial charge in [-0.05, 0) is 43.4 Å². The van der Waals surface area contributed by atoms with E-state index in [2.05, 4.69) is 4.72 Å². The van der Waals surface area contributed by atoms with E-state index >= 15 is 0 Å². The van der Waals surface area contributed by atoms with Gasteiger partial charge in [0.2, 0.25) is 10.0 Å². The largest absolute Gasteiger partial charge is 0.397 e. The molecule has 2 rings (SSSR count). The molecule has 1 aromatic carbocycles. The van der Waals surface area contributed by atoms with Crippen molar-refractivity contribution in [2.24, 2.45) is 5.92 Å². The maximum absolute atomic E-state index is 12.1. The Bertz CT molecular complexity index is 562. The van der Waals surface area contributed by atoms with E-state index in [0.717, 1.165) is 0 Å². The van der Waals surface area contributed by atoms with Crippen LogP contribution in [0.1, 0.15) is 18.4 Å². The zero-order valence-electron chi connectivity index (χ0n) is 11.4. The van der Waals surface area contributed by atoms with Gasteiger partial charge in [0.1, 0.15) is 0 Å². The van der Waals surface area contributed by atoms with Crippen molar-refractivity contribution >= 4 is 27.3 Å². The molecule has 20 heavy (non-hydrogen) atoms. The summed E-state index contributed by atoms with van der Waals surface area (Å²) >= 11 is 5.92. The Labute approximate surface area is 124 Å². The Kier molecular flexibility index (Phi) is 4.90. The summed E-state index contributed by atoms with van der Waals surface area (Å²) < 4.78 is 32.1. The number of benzene rings is 1. The first kappa shape index (κ1) is 15.6. The third-order valence-corrected chi connectivity index (χ3v) is 5.11. The van der Waals surface area contributed by atoms with Gasteiger partial charge in [-0.25, -0.2) is 13.1 Å². The van der Waals surface area contributed by atoms with Gasteiger partial charge >= 0.3 is 0 Å². The van der Waals surface area contributed by atoms with Gasteiger partial charge in [-0.2, -0.15) is 0 Å². The van der Waals surface area contributed by atoms with Crippen LogP contribution >= 0.6 is 11.6 Å². The lowest BCUT2D eigenvalue weighted by molar-refractivity contribution is 0.129. The fraction of sp³-hybridized carbons (Fsp3) is 0.538. The second-order valence-electron chi connectivity index (χ2n) is 5.06. The summed E-state index contributed by atoms with van der Waals surface area (Å²) in [6.07, 6.45) is 2.43. The summed E-state index contributed by atoms with van der Waals surface area (Å²) in [5.74, 6) is 0.672. The maximum atomic E-state index is 12.1. The number of rotatable bonds is 7. The van der Waals surface area contributed by atoms with Crippen molar-refractivity contribution in [2.45, 2.75) is 24.7 Å². The van der Waals surface area contributed by atoms with Crippen molar-refractivity contribution in [3.8, 4) is 0 Å². The lowest BCUT2D eigenvalue weighted by Crippen LogP contribution is -2.27. The summed E-state index contributed by atoms with van der Waals surface area (Å²) in [7, 11) is -3.58. The van der Waals surface area contributed by atoms with Gasteiger partial charge in [-0.1, -0.05) is 11.6 Å². The minimum absolute atomic E-state index is 0.124. The number of nitrogens with two attached hydrogens (primary N) is 1. The quantitative estimate of drug-likeness (QED) is 0.594. The number of anilines is 1. The number of sulfonamides is 1. The fourth-order valence-corrected chi connectivity index (χ4v) is 3.03. The predicted octanol–water partition coefficient (Wildman–Crippen LogP) is 1.94. The molecular weight excluding hydrogens is 300 g/mol. The van der Waals surface area contributed by atoms with E-state index in [4.69, 9.17) is 22.1 Å². The molecule has 112 valence electrons. The standard InChI is InChI=1S/C13H19ClN2O3S/c1-9-6-11(7-12(15)13(9)14)20(17,18)16-4-5-19-8-10-2-3-10/h6-7,10,16H,2-5,8,15H2,1H3. The monoisotopic (exact) mass is 318 g/mol. The summed E-state index contributed by atoms with van der Waals surface area (Å²) in [5.41, 5.74) is 6.58. The molecule has 0 unspecified atom stereocenters. The van der Waals surface area contributed by atoms with Gasteiger partial charge in [0.25, 0.3) is 0 Å². The average molecular weight is 319 g/mol. The average Bonchev–Trinajstić information content (AvgIpc) is 3.19. The van der Waals surface area contributed by atoms with Gasteiger partial charge in [-0.15, -0.1) is 0 Å². The molecule has 0 saturated heterocycles. The van der Waals surface area contributed by atoms with E-state index in [-0.39, 0.29) is 17.1 Å². The molecule has 1 aliphatic carbocycles. The van der Waals surface area contributed by atoms with Gasteiger partial charge in [0, 0.05) is 13.2 Å². The second-order valence-corrected chi connectivity index (χ2v) is 7.20. The molecule has 1 aliphatic rings. The minimum atomic E-state index is -3.58. The first-order valence-corrected chi connectivity index (χ1v) is 8.39. The van der Waals surface area contributed by atoms with E-state index in [1.807, 2.05) is 0 Å². The molecule has 0 aromatic heterocycles. The van der Waals surface area contributed by atoms with Crippen molar-refractivity contribution in [3.05, 3.63) is 22.7 Å². The van der Waals surface area contributed by atoms with Crippen LogP contribution in [-0.2, 0) is 14.8 Å². The van der Waals surface area contributed by atoms with Gasteiger partial charge in [-0.3, -0.25) is 0 Å². The summed E-state index contributed by atoms with van der Waals surface area (Å²) in [4.78, 5) is 0.124. The Hall–Kier alpha value is -0.820. The molecule has 1 aromatic rings. The summed E-state index contributed by atoms with van der Waals surface area (Å²) in [6, 6.07) is 2.87. The number of nitrogens with one attached hydrogen (secondary N) is 1. The molecule has 0 amide bonds. The number of nitrogen functional groups attached to an aromatic ring is 1. The van der Waals surface area contributed by atoms with Crippen LogP contribution in [0.5, 0.6) is 0 Å². The molecular formula is C13H19ClN2O3S. The van der Waals surface area contributed by atoms with Crippen molar-refractivity contribution in [2.75, 3.05) is 25.5 Å². The molecule has 0 atom stereocenters. The molecule has 0 aliphatic heterocycles. The van der Waals surface area contributed by atoms with Crippen LogP contribution in [0, 0.1) is 12.8 Å². The van der Waals surface area contributed by atoms with Crippen molar-refractivity contribution in [1.29, 1.82) is 0 Å². The highest BCUT2D eigenvalue weighted by Crippen LogP contribution is 2.28. The fourth-order valence-electron chi connectivity index (χ4n) is 1.78. The van der Waals surface area contributed by atoms with E-state index in [0.29, 0.717) is 29.7 Å². The number of ether oxygens (including phenoxy) is 1. The van der Waals surface area contributed by atoms with Crippen molar-refractivity contribution < 1.29 is 13.2 Å². The van der Waals surface area contributed by atoms with Crippen LogP contribution in [0.15, 0.2) is 17.0 Å². The maximum Gasteiger partial charge on any atom is 0.240 e. The lowest BCUT2D eigenvalue weighted by Gasteiger charge is -2.10. The number of hydrogen-bond acceptors (Lipinski definition) is 4. The molecule has 3 N–H and O–H groups in total. The first-order chi connectivity index (χ1) is 9.40. The van der Waals surface area contributed by atoms with Crippen LogP contribution in [0.3, 0.4) is 0 Å². The summed E-state index contributed by atoms with van der Waals surface area (Å²) in [5, 5.41) is 0.386. The topological polar surface area (TPSA) is 81.4 Å². The van der Waals surface area contributed by atoms with Gasteiger partial charge in [0.05, 0.1) is 22.2 Å². The SMILES string of the molecule is Cc1cc(S(=O)(=O)NCCOCC2CC2)cc(N)c1Cl. The highest BCUT2D eigenvalue weighted by atomic mass is 35.5. The Morgan fingerprint density at radius 1 is 1.45 bits per heavy atom. The normalized spacial score (nSPS) is 15.5. The highest BCUT2D eigenvalue weighted by Gasteiger charge is 2.21. The number of hydrogen-bond donors (Lipinski definition) is 2. The number of halogens is 1. The van der Waals surface area contributed by atoms with E-state index in [1.54, 1.807) is 6.92 Å². The Morgan fingerprint density at radius 3 is 2.75 bits per heavy atom. The van der Waals surface area contributed by atoms with Gasteiger partial charge < -0.3 is 10.5 Å². The van der Waals surface area contributed by atoms with E-state index < -0.39 is 10.0 Å². The molecule has 0 radical (unpaired) electrons. The van der Waals surface area contributed by atoms with Crippen LogP contribution in [0.25, 0.3) is 0 Å². The first-order valence-electron chi connectivity index (χ1n) is 6.53. The Balaban J connectivity index is 1.91. The third-order valence-electron chi connectivity index (χ3n) is 3.16. The van der Waals surface area contributed by atoms with Crippen molar-refractivity contribution in [3.63, 3.8) is 0 Å². The smallest absolute Gasteiger partial charge is 0.240 e. The zero-order chi connectivity index (χ0) is 14.8. The summed E-state index contributed by atoms with van der Waals surface area (Å²) in [6.45, 7) is 3.06. The molecule has 1 saturated carbocycles. The van der Waals surface area contributed by atoms with E-state index in [1.165, 1.54) is 25.0 Å². The van der Waals surface area contributed by atoms with Crippen molar-refractivity contribution in [1.82, 2.24) is 4.72 Å². The molecule has 5 nitrogen and oxygen atoms in total. The molecule has 0 heterocycles. The van der Waals surface area contributed by atoms with Gasteiger partial charge in [0.15, 0.2) is 0 Å². The molecule has 1 fully saturated rings. The molecule has 0 spiro atoms. The van der Waals surface area contributed by atoms with E-state index in [9.17, 15) is 8.42 Å². The second kappa shape index (κ2) is 6.30. The Morgan fingerprint density at radius 2 is 2.15 bits per heavy atom.